The number of hydrogen-bond donors (Lipinski definition) is 1. The van der Waals surface area contributed by atoms with Gasteiger partial charge < -0.3 is 10.1 Å². The number of ketones is 1. The van der Waals surface area contributed by atoms with Crippen molar-refractivity contribution in [1.82, 2.24) is 5.32 Å². The van der Waals surface area contributed by atoms with E-state index < -0.39 is 0 Å². The van der Waals surface area contributed by atoms with Gasteiger partial charge in [-0.05, 0) is 56.5 Å². The molecule has 0 saturated heterocycles. The van der Waals surface area contributed by atoms with Gasteiger partial charge in [0.05, 0.1) is 13.2 Å². The topological polar surface area (TPSA) is 38.3 Å². The van der Waals surface area contributed by atoms with Crippen molar-refractivity contribution in [3.63, 3.8) is 0 Å². The van der Waals surface area contributed by atoms with Gasteiger partial charge in [0.1, 0.15) is 5.75 Å². The summed E-state index contributed by atoms with van der Waals surface area (Å²) in [6.45, 7) is 10.1. The van der Waals surface area contributed by atoms with Crippen molar-refractivity contribution >= 4 is 5.78 Å². The first-order valence-electron chi connectivity index (χ1n) is 6.71. The predicted octanol–water partition coefficient (Wildman–Crippen LogP) is 3.05. The van der Waals surface area contributed by atoms with E-state index in [4.69, 9.17) is 4.74 Å². The zero-order chi connectivity index (χ0) is 14.7. The van der Waals surface area contributed by atoms with Crippen LogP contribution in [0.4, 0.5) is 0 Å². The zero-order valence-corrected chi connectivity index (χ0v) is 13.0. The van der Waals surface area contributed by atoms with Crippen molar-refractivity contribution in [2.24, 2.45) is 5.92 Å². The number of aryl methyl sites for hydroxylation is 1. The fraction of sp³-hybridized carbons (Fsp3) is 0.562. The van der Waals surface area contributed by atoms with Crippen LogP contribution >= 0.6 is 0 Å². The minimum atomic E-state index is -0.147. The number of nitrogens with one attached hydrogen (secondary N) is 1. The number of rotatable bonds is 5. The first-order valence-corrected chi connectivity index (χ1v) is 6.71. The first-order chi connectivity index (χ1) is 8.84. The maximum absolute atomic E-state index is 12.6. The Kier molecular flexibility index (Phi) is 5.12. The van der Waals surface area contributed by atoms with Gasteiger partial charge in [-0.2, -0.15) is 0 Å². The lowest BCUT2D eigenvalue weighted by Gasteiger charge is -2.22. The van der Waals surface area contributed by atoms with E-state index in [-0.39, 0.29) is 17.7 Å². The molecule has 0 aromatic heterocycles. The molecule has 0 bridgehead atoms. The highest BCUT2D eigenvalue weighted by Gasteiger charge is 2.24. The van der Waals surface area contributed by atoms with Gasteiger partial charge in [0.2, 0.25) is 0 Å². The summed E-state index contributed by atoms with van der Waals surface area (Å²) in [6.07, 6.45) is 0. The van der Waals surface area contributed by atoms with Crippen molar-refractivity contribution in [2.45, 2.75) is 40.7 Å². The average Bonchev–Trinajstić information content (AvgIpc) is 2.34. The summed E-state index contributed by atoms with van der Waals surface area (Å²) in [6, 6.07) is 1.79. The number of likely N-dealkylation sites (N-methyl/N-ethyl adjacent to an activating group) is 1. The van der Waals surface area contributed by atoms with Crippen molar-refractivity contribution < 1.29 is 9.53 Å². The molecule has 3 nitrogen and oxygen atoms in total. The molecule has 0 radical (unpaired) electrons. The van der Waals surface area contributed by atoms with E-state index in [1.165, 1.54) is 0 Å². The van der Waals surface area contributed by atoms with Crippen LogP contribution in [0.25, 0.3) is 0 Å². The highest BCUT2D eigenvalue weighted by Crippen LogP contribution is 2.29. The van der Waals surface area contributed by atoms with E-state index in [2.05, 4.69) is 19.2 Å². The molecular weight excluding hydrogens is 238 g/mol. The summed E-state index contributed by atoms with van der Waals surface area (Å²) in [7, 11) is 3.50. The molecule has 0 spiro atoms. The Bertz CT molecular complexity index is 478. The SMILES string of the molecule is CNC(C(=O)c1cc(C)c(OC)c(C)c1C)C(C)C. The van der Waals surface area contributed by atoms with Gasteiger partial charge in [-0.1, -0.05) is 13.8 Å². The average molecular weight is 263 g/mol. The maximum atomic E-state index is 12.6. The number of methoxy groups -OCH3 is 1. The molecule has 1 aromatic carbocycles. The van der Waals surface area contributed by atoms with Crippen LogP contribution in [0.1, 0.15) is 40.9 Å². The number of benzene rings is 1. The summed E-state index contributed by atoms with van der Waals surface area (Å²) in [5, 5.41) is 3.11. The monoisotopic (exact) mass is 263 g/mol. The number of hydrogen-bond acceptors (Lipinski definition) is 3. The van der Waals surface area contributed by atoms with E-state index in [9.17, 15) is 4.79 Å². The molecule has 1 unspecified atom stereocenters. The number of Topliss-reactive ketones (excluding diaryl/α,β-unsaturated/α-hetero) is 1. The molecule has 1 N–H and O–H groups in total. The minimum absolute atomic E-state index is 0.147. The van der Waals surface area contributed by atoms with E-state index in [0.29, 0.717) is 0 Å². The Morgan fingerprint density at radius 2 is 1.79 bits per heavy atom. The first kappa shape index (κ1) is 15.7. The van der Waals surface area contributed by atoms with E-state index in [1.807, 2.05) is 33.9 Å². The quantitative estimate of drug-likeness (QED) is 0.830. The van der Waals surface area contributed by atoms with Crippen molar-refractivity contribution in [3.05, 3.63) is 28.3 Å². The molecule has 0 aliphatic rings. The third-order valence-corrected chi connectivity index (χ3v) is 3.76. The molecule has 0 amide bonds. The van der Waals surface area contributed by atoms with Gasteiger partial charge in [-0.15, -0.1) is 0 Å². The van der Waals surface area contributed by atoms with Gasteiger partial charge in [0.15, 0.2) is 5.78 Å². The highest BCUT2D eigenvalue weighted by molar-refractivity contribution is 6.02. The van der Waals surface area contributed by atoms with Crippen molar-refractivity contribution in [1.29, 1.82) is 0 Å². The molecule has 3 heteroatoms. The second kappa shape index (κ2) is 6.20. The Morgan fingerprint density at radius 1 is 1.21 bits per heavy atom. The van der Waals surface area contributed by atoms with Crippen LogP contribution in [-0.4, -0.2) is 26.0 Å². The molecule has 0 heterocycles. The largest absolute Gasteiger partial charge is 0.496 e. The lowest BCUT2D eigenvalue weighted by Crippen LogP contribution is -2.39. The summed E-state index contributed by atoms with van der Waals surface area (Å²) in [5.41, 5.74) is 3.86. The fourth-order valence-electron chi connectivity index (χ4n) is 2.56. The zero-order valence-electron chi connectivity index (χ0n) is 13.0. The Morgan fingerprint density at radius 3 is 2.21 bits per heavy atom. The lowest BCUT2D eigenvalue weighted by molar-refractivity contribution is 0.0921. The number of ether oxygens (including phenoxy) is 1. The third kappa shape index (κ3) is 2.98. The van der Waals surface area contributed by atoms with Gasteiger partial charge in [-0.25, -0.2) is 0 Å². The molecule has 106 valence electrons. The lowest BCUT2D eigenvalue weighted by atomic mass is 9.89. The summed E-state index contributed by atoms with van der Waals surface area (Å²) < 4.78 is 5.40. The number of carbonyl (C=O) groups excluding carboxylic acids is 1. The molecule has 1 atom stereocenters. The van der Waals surface area contributed by atoms with Crippen LogP contribution in [0.5, 0.6) is 5.75 Å². The molecule has 19 heavy (non-hydrogen) atoms. The predicted molar refractivity (Wildman–Crippen MR) is 79.2 cm³/mol. The molecule has 1 rings (SSSR count). The summed E-state index contributed by atoms with van der Waals surface area (Å²) in [4.78, 5) is 12.6. The van der Waals surface area contributed by atoms with Crippen LogP contribution in [0.15, 0.2) is 6.07 Å². The Labute approximate surface area is 116 Å². The molecule has 0 aliphatic carbocycles. The van der Waals surface area contributed by atoms with Gasteiger partial charge in [-0.3, -0.25) is 4.79 Å². The van der Waals surface area contributed by atoms with Crippen LogP contribution in [0, 0.1) is 26.7 Å². The van der Waals surface area contributed by atoms with E-state index in [1.54, 1.807) is 7.11 Å². The second-order valence-electron chi connectivity index (χ2n) is 5.40. The van der Waals surface area contributed by atoms with Crippen molar-refractivity contribution in [3.8, 4) is 5.75 Å². The second-order valence-corrected chi connectivity index (χ2v) is 5.40. The van der Waals surface area contributed by atoms with Gasteiger partial charge >= 0.3 is 0 Å². The minimum Gasteiger partial charge on any atom is -0.496 e. The summed E-state index contributed by atoms with van der Waals surface area (Å²) in [5.74, 6) is 1.29. The normalized spacial score (nSPS) is 12.6. The molecule has 1 aromatic rings. The molecule has 0 fully saturated rings. The maximum Gasteiger partial charge on any atom is 0.180 e. The highest BCUT2D eigenvalue weighted by atomic mass is 16.5. The van der Waals surface area contributed by atoms with Crippen LogP contribution in [-0.2, 0) is 0 Å². The van der Waals surface area contributed by atoms with Gasteiger partial charge in [0, 0.05) is 5.56 Å². The van der Waals surface area contributed by atoms with E-state index >= 15 is 0 Å². The summed E-state index contributed by atoms with van der Waals surface area (Å²) >= 11 is 0. The standard InChI is InChI=1S/C16H25NO2/c1-9(2)14(17-6)15(18)13-8-10(3)16(19-7)12(5)11(13)4/h8-9,14,17H,1-7H3. The van der Waals surface area contributed by atoms with Gasteiger partial charge in [0.25, 0.3) is 0 Å². The smallest absolute Gasteiger partial charge is 0.180 e. The molecular formula is C16H25NO2. The fourth-order valence-corrected chi connectivity index (χ4v) is 2.56. The third-order valence-electron chi connectivity index (χ3n) is 3.76. The van der Waals surface area contributed by atoms with Crippen LogP contribution < -0.4 is 10.1 Å². The number of carbonyl (C=O) groups is 1. The molecule has 0 aliphatic heterocycles. The Hall–Kier alpha value is -1.35. The van der Waals surface area contributed by atoms with Crippen LogP contribution in [0.2, 0.25) is 0 Å². The van der Waals surface area contributed by atoms with Crippen molar-refractivity contribution in [2.75, 3.05) is 14.2 Å². The molecule has 0 saturated carbocycles. The Balaban J connectivity index is 3.32. The van der Waals surface area contributed by atoms with E-state index in [0.717, 1.165) is 28.0 Å². The van der Waals surface area contributed by atoms with Crippen LogP contribution in [0.3, 0.4) is 0 Å².